The van der Waals surface area contributed by atoms with Gasteiger partial charge in [-0.25, -0.2) is 0 Å². The lowest BCUT2D eigenvalue weighted by Gasteiger charge is -2.41. The van der Waals surface area contributed by atoms with Gasteiger partial charge in [-0.15, -0.1) is 0 Å². The minimum absolute atomic E-state index is 0.204. The molecule has 1 aromatic rings. The summed E-state index contributed by atoms with van der Waals surface area (Å²) in [5.74, 6) is 0.604. The Kier molecular flexibility index (Phi) is 3.67. The number of hydrogen-bond donors (Lipinski definition) is 0. The van der Waals surface area contributed by atoms with Crippen LogP contribution in [0.3, 0.4) is 0 Å². The van der Waals surface area contributed by atoms with Gasteiger partial charge in [-0.2, -0.15) is 11.1 Å². The van der Waals surface area contributed by atoms with E-state index in [2.05, 4.69) is 58.5 Å². The Bertz CT molecular complexity index is 315. The van der Waals surface area contributed by atoms with E-state index < -0.39 is 7.38 Å². The van der Waals surface area contributed by atoms with Gasteiger partial charge in [0.2, 0.25) is 0 Å². The smallest absolute Gasteiger partial charge is 0.161 e. The van der Waals surface area contributed by atoms with Crippen LogP contribution in [0.25, 0.3) is 0 Å². The molecule has 0 aliphatic rings. The van der Waals surface area contributed by atoms with E-state index in [9.17, 15) is 0 Å². The monoisotopic (exact) mass is 240 g/mol. The van der Waals surface area contributed by atoms with Crippen molar-refractivity contribution in [1.29, 1.82) is 0 Å². The fourth-order valence-electron chi connectivity index (χ4n) is 1.67. The average molecular weight is 241 g/mol. The van der Waals surface area contributed by atoms with Gasteiger partial charge in [0.15, 0.2) is 7.38 Å². The molecule has 0 radical (unpaired) electrons. The molecule has 1 aromatic carbocycles. The fourth-order valence-corrected chi connectivity index (χ4v) is 5.34. The van der Waals surface area contributed by atoms with Crippen LogP contribution < -0.4 is 5.19 Å². The molecule has 15 heavy (non-hydrogen) atoms. The quantitative estimate of drug-likeness (QED) is 0.550. The molecule has 0 spiro atoms. The summed E-state index contributed by atoms with van der Waals surface area (Å²) in [6.07, 6.45) is 0. The lowest BCUT2D eigenvalue weighted by molar-refractivity contribution is 0.467. The lowest BCUT2D eigenvalue weighted by Crippen LogP contribution is -2.50. The van der Waals surface area contributed by atoms with Gasteiger partial charge in [0, 0.05) is 0 Å². The van der Waals surface area contributed by atoms with Crippen LogP contribution >= 0.6 is 11.1 Å². The third kappa shape index (κ3) is 2.29. The van der Waals surface area contributed by atoms with E-state index in [1.54, 1.807) is 0 Å². The maximum Gasteiger partial charge on any atom is 0.189 e. The molecule has 0 saturated carbocycles. The molecule has 84 valence electrons. The van der Waals surface area contributed by atoms with Crippen LogP contribution in [-0.2, 0) is 0 Å². The van der Waals surface area contributed by atoms with Crippen molar-refractivity contribution in [3.8, 4) is 0 Å². The van der Waals surface area contributed by atoms with Crippen molar-refractivity contribution >= 4 is 23.6 Å². The van der Waals surface area contributed by atoms with E-state index in [4.69, 9.17) is 11.1 Å². The zero-order valence-electron chi connectivity index (χ0n) is 10.3. The zero-order chi connectivity index (χ0) is 11.7. The van der Waals surface area contributed by atoms with Gasteiger partial charge in [0.25, 0.3) is 0 Å². The van der Waals surface area contributed by atoms with Crippen LogP contribution in [0, 0.1) is 5.92 Å². The van der Waals surface area contributed by atoms with Gasteiger partial charge in [-0.05, 0) is 16.1 Å². The maximum atomic E-state index is 6.89. The zero-order valence-corrected chi connectivity index (χ0v) is 12.1. The molecule has 0 bridgehead atoms. The molecule has 0 amide bonds. The van der Waals surface area contributed by atoms with Crippen LogP contribution in [0.4, 0.5) is 0 Å². The van der Waals surface area contributed by atoms with Crippen LogP contribution in [0.2, 0.25) is 11.6 Å². The molecule has 0 aromatic heterocycles. The van der Waals surface area contributed by atoms with E-state index in [1.165, 1.54) is 5.19 Å². The summed E-state index contributed by atoms with van der Waals surface area (Å²) in [6.45, 7) is 11.4. The van der Waals surface area contributed by atoms with Crippen molar-refractivity contribution < 1.29 is 0 Å². The minimum atomic E-state index is -1.90. The molecule has 0 N–H and O–H groups in total. The van der Waals surface area contributed by atoms with E-state index >= 15 is 0 Å². The molecule has 0 saturated heterocycles. The molecule has 2 heteroatoms. The van der Waals surface area contributed by atoms with Gasteiger partial charge in [0.05, 0.1) is 0 Å². The van der Waals surface area contributed by atoms with Gasteiger partial charge in [-0.1, -0.05) is 64.6 Å². The van der Waals surface area contributed by atoms with Crippen molar-refractivity contribution in [2.75, 3.05) is 0 Å². The molecule has 0 aliphatic heterocycles. The predicted molar refractivity (Wildman–Crippen MR) is 72.4 cm³/mol. The Hall–Kier alpha value is -0.273. The van der Waals surface area contributed by atoms with Gasteiger partial charge in [-0.3, -0.25) is 0 Å². The Morgan fingerprint density at radius 3 is 2.00 bits per heavy atom. The summed E-state index contributed by atoms with van der Waals surface area (Å²) in [4.78, 5) is 0. The second-order valence-electron chi connectivity index (χ2n) is 5.25. The molecular weight excluding hydrogens is 220 g/mol. The van der Waals surface area contributed by atoms with Gasteiger partial charge in [0.1, 0.15) is 0 Å². The van der Waals surface area contributed by atoms with Crippen LogP contribution in [0.1, 0.15) is 27.7 Å². The molecule has 0 fully saturated rings. The first-order chi connectivity index (χ1) is 6.80. The topological polar surface area (TPSA) is 0 Å². The normalized spacial score (nSPS) is 16.5. The molecule has 0 aliphatic carbocycles. The summed E-state index contributed by atoms with van der Waals surface area (Å²) < 4.78 is 0. The highest BCUT2D eigenvalue weighted by atomic mass is 35.6. The summed E-state index contributed by atoms with van der Waals surface area (Å²) in [5.41, 5.74) is 0. The van der Waals surface area contributed by atoms with Crippen molar-refractivity contribution in [2.24, 2.45) is 5.92 Å². The fraction of sp³-hybridized carbons (Fsp3) is 0.538. The van der Waals surface area contributed by atoms with E-state index in [-0.39, 0.29) is 5.04 Å². The highest BCUT2D eigenvalue weighted by molar-refractivity contribution is 7.28. The van der Waals surface area contributed by atoms with Gasteiger partial charge < -0.3 is 0 Å². The number of benzene rings is 1. The third-order valence-electron chi connectivity index (χ3n) is 3.97. The van der Waals surface area contributed by atoms with Crippen LogP contribution in [0.15, 0.2) is 30.3 Å². The second kappa shape index (κ2) is 4.30. The molecule has 1 rings (SSSR count). The molecule has 0 nitrogen and oxygen atoms in total. The first kappa shape index (κ1) is 12.8. The molecule has 1 unspecified atom stereocenters. The average Bonchev–Trinajstić information content (AvgIpc) is 2.18. The second-order valence-corrected chi connectivity index (χ2v) is 11.4. The first-order valence-electron chi connectivity index (χ1n) is 5.54. The predicted octanol–water partition coefficient (Wildman–Crippen LogP) is 4.14. The summed E-state index contributed by atoms with van der Waals surface area (Å²) in [5, 5.41) is 1.54. The lowest BCUT2D eigenvalue weighted by atomic mass is 9.99. The Labute approximate surface area is 99.4 Å². The summed E-state index contributed by atoms with van der Waals surface area (Å²) in [7, 11) is -1.90. The highest BCUT2D eigenvalue weighted by Crippen LogP contribution is 2.45. The minimum Gasteiger partial charge on any atom is -0.161 e. The Morgan fingerprint density at radius 2 is 1.60 bits per heavy atom. The number of rotatable bonds is 3. The summed E-state index contributed by atoms with van der Waals surface area (Å²) in [6, 6.07) is 10.6. The Balaban J connectivity index is 3.13. The molecule has 1 atom stereocenters. The standard InChI is InChI=1S/C13H21ClSi/c1-11(2)13(3,4)15(5,14)12-9-7-6-8-10-12/h6-11H,1-5H3. The summed E-state index contributed by atoms with van der Waals surface area (Å²) >= 11 is 6.89. The number of halogens is 1. The van der Waals surface area contributed by atoms with E-state index in [0.29, 0.717) is 5.92 Å². The highest BCUT2D eigenvalue weighted by Gasteiger charge is 2.45. The Morgan fingerprint density at radius 1 is 1.13 bits per heavy atom. The van der Waals surface area contributed by atoms with E-state index in [1.807, 2.05) is 6.07 Å². The molecular formula is C13H21ClSi. The van der Waals surface area contributed by atoms with Crippen molar-refractivity contribution in [3.05, 3.63) is 30.3 Å². The first-order valence-corrected chi connectivity index (χ1v) is 9.05. The van der Waals surface area contributed by atoms with Crippen molar-refractivity contribution in [2.45, 2.75) is 39.3 Å². The maximum absolute atomic E-state index is 6.89. The number of hydrogen-bond acceptors (Lipinski definition) is 0. The largest absolute Gasteiger partial charge is 0.189 e. The van der Waals surface area contributed by atoms with Crippen LogP contribution in [-0.4, -0.2) is 7.38 Å². The van der Waals surface area contributed by atoms with Crippen molar-refractivity contribution in [3.63, 3.8) is 0 Å². The van der Waals surface area contributed by atoms with Crippen LogP contribution in [0.5, 0.6) is 0 Å². The van der Waals surface area contributed by atoms with Crippen molar-refractivity contribution in [1.82, 2.24) is 0 Å². The van der Waals surface area contributed by atoms with E-state index in [0.717, 1.165) is 0 Å². The molecule has 0 heterocycles. The third-order valence-corrected chi connectivity index (χ3v) is 10.5. The SMILES string of the molecule is CC(C)C(C)(C)[Si](C)(Cl)c1ccccc1. The van der Waals surface area contributed by atoms with Gasteiger partial charge >= 0.3 is 0 Å².